The standard InChI is InChI=1S/C13H9BrN4O/c14-7-2-1-3-9-12(7)19-13(18-9)11-10-8(4-5-15-11)16-6-17-10/h1-3,6H,4-5H2,(H,16,17). The first-order valence-electron chi connectivity index (χ1n) is 5.95. The van der Waals surface area contributed by atoms with Crippen molar-refractivity contribution >= 4 is 32.7 Å². The second kappa shape index (κ2) is 4.03. The Kier molecular flexibility index (Phi) is 2.32. The molecular weight excluding hydrogens is 308 g/mol. The molecule has 4 rings (SSSR count). The number of aromatic amines is 1. The minimum Gasteiger partial charge on any atom is -0.433 e. The summed E-state index contributed by atoms with van der Waals surface area (Å²) in [5.41, 5.74) is 4.21. The zero-order chi connectivity index (χ0) is 12.8. The third-order valence-corrected chi connectivity index (χ3v) is 3.77. The zero-order valence-electron chi connectivity index (χ0n) is 9.85. The minimum atomic E-state index is 0.523. The van der Waals surface area contributed by atoms with E-state index in [1.54, 1.807) is 6.33 Å². The lowest BCUT2D eigenvalue weighted by molar-refractivity contribution is 0.587. The quantitative estimate of drug-likeness (QED) is 0.750. The molecule has 0 unspecified atom stereocenters. The molecule has 3 heterocycles. The molecule has 3 aromatic rings. The number of fused-ring (bicyclic) bond motifs is 2. The number of benzene rings is 1. The Morgan fingerprint density at radius 1 is 1.32 bits per heavy atom. The van der Waals surface area contributed by atoms with Gasteiger partial charge in [-0.3, -0.25) is 4.99 Å². The fourth-order valence-electron chi connectivity index (χ4n) is 2.26. The Labute approximate surface area is 116 Å². The van der Waals surface area contributed by atoms with Crippen LogP contribution >= 0.6 is 15.9 Å². The molecule has 5 nitrogen and oxygen atoms in total. The van der Waals surface area contributed by atoms with Crippen LogP contribution in [0.1, 0.15) is 17.3 Å². The van der Waals surface area contributed by atoms with Crippen LogP contribution in [0, 0.1) is 0 Å². The lowest BCUT2D eigenvalue weighted by atomic mass is 10.1. The van der Waals surface area contributed by atoms with Gasteiger partial charge in [-0.2, -0.15) is 0 Å². The highest BCUT2D eigenvalue weighted by molar-refractivity contribution is 9.10. The first-order valence-corrected chi connectivity index (χ1v) is 6.75. The summed E-state index contributed by atoms with van der Waals surface area (Å²) in [7, 11) is 0. The van der Waals surface area contributed by atoms with Crippen molar-refractivity contribution in [2.45, 2.75) is 6.42 Å². The molecule has 6 heteroatoms. The Balaban J connectivity index is 1.92. The number of imidazole rings is 1. The number of oxazole rings is 1. The summed E-state index contributed by atoms with van der Waals surface area (Å²) in [6, 6.07) is 5.78. The molecule has 1 aliphatic rings. The lowest BCUT2D eigenvalue weighted by Gasteiger charge is -2.08. The molecule has 0 saturated carbocycles. The number of rotatable bonds is 1. The first kappa shape index (κ1) is 10.9. The van der Waals surface area contributed by atoms with Gasteiger partial charge in [0.1, 0.15) is 16.9 Å². The van der Waals surface area contributed by atoms with E-state index < -0.39 is 0 Å². The van der Waals surface area contributed by atoms with Gasteiger partial charge in [0.25, 0.3) is 0 Å². The van der Waals surface area contributed by atoms with Crippen molar-refractivity contribution in [1.82, 2.24) is 15.0 Å². The SMILES string of the molecule is Brc1cccc2nc(C3=NCCc4[nH]cnc43)oc12. The number of nitrogens with one attached hydrogen (secondary N) is 1. The Morgan fingerprint density at radius 2 is 2.26 bits per heavy atom. The number of hydrogen-bond donors (Lipinski definition) is 1. The third-order valence-electron chi connectivity index (χ3n) is 3.14. The Bertz CT molecular complexity index is 802. The number of H-pyrrole nitrogens is 1. The molecule has 1 N–H and O–H groups in total. The van der Waals surface area contributed by atoms with Crippen LogP contribution in [0.3, 0.4) is 0 Å². The summed E-state index contributed by atoms with van der Waals surface area (Å²) < 4.78 is 6.71. The molecule has 1 aromatic carbocycles. The highest BCUT2D eigenvalue weighted by Gasteiger charge is 2.23. The molecule has 0 spiro atoms. The number of para-hydroxylation sites is 1. The molecule has 0 fully saturated rings. The maximum atomic E-state index is 5.82. The van der Waals surface area contributed by atoms with Gasteiger partial charge in [-0.05, 0) is 28.1 Å². The van der Waals surface area contributed by atoms with E-state index in [4.69, 9.17) is 4.42 Å². The highest BCUT2D eigenvalue weighted by atomic mass is 79.9. The van der Waals surface area contributed by atoms with Crippen molar-refractivity contribution in [2.24, 2.45) is 4.99 Å². The second-order valence-electron chi connectivity index (χ2n) is 4.32. The molecule has 94 valence electrons. The van der Waals surface area contributed by atoms with Gasteiger partial charge < -0.3 is 9.40 Å². The fourth-order valence-corrected chi connectivity index (χ4v) is 2.69. The van der Waals surface area contributed by atoms with Crippen LogP contribution in [-0.2, 0) is 6.42 Å². The van der Waals surface area contributed by atoms with Crippen molar-refractivity contribution in [2.75, 3.05) is 6.54 Å². The van der Waals surface area contributed by atoms with Gasteiger partial charge >= 0.3 is 0 Å². The van der Waals surface area contributed by atoms with Crippen LogP contribution in [-0.4, -0.2) is 27.2 Å². The number of nitrogens with zero attached hydrogens (tertiary/aromatic N) is 3. The molecule has 0 atom stereocenters. The van der Waals surface area contributed by atoms with E-state index in [0.29, 0.717) is 5.89 Å². The molecular formula is C13H9BrN4O. The summed E-state index contributed by atoms with van der Waals surface area (Å²) in [6.45, 7) is 0.727. The van der Waals surface area contributed by atoms with Crippen LogP contribution in [0.15, 0.2) is 38.4 Å². The van der Waals surface area contributed by atoms with Gasteiger partial charge in [-0.25, -0.2) is 9.97 Å². The molecule has 0 aliphatic carbocycles. The minimum absolute atomic E-state index is 0.523. The predicted octanol–water partition coefficient (Wildman–Crippen LogP) is 2.71. The molecule has 19 heavy (non-hydrogen) atoms. The Morgan fingerprint density at radius 3 is 3.16 bits per heavy atom. The van der Waals surface area contributed by atoms with E-state index in [1.165, 1.54) is 0 Å². The van der Waals surface area contributed by atoms with E-state index in [1.807, 2.05) is 18.2 Å². The van der Waals surface area contributed by atoms with Crippen molar-refractivity contribution in [3.63, 3.8) is 0 Å². The molecule has 0 amide bonds. The van der Waals surface area contributed by atoms with Crippen LogP contribution in [0.2, 0.25) is 0 Å². The van der Waals surface area contributed by atoms with Crippen LogP contribution < -0.4 is 0 Å². The van der Waals surface area contributed by atoms with Gasteiger partial charge in [0.2, 0.25) is 5.89 Å². The topological polar surface area (TPSA) is 67.1 Å². The maximum absolute atomic E-state index is 5.82. The summed E-state index contributed by atoms with van der Waals surface area (Å²) in [6.07, 6.45) is 2.56. The first-order chi connectivity index (χ1) is 9.33. The van der Waals surface area contributed by atoms with Crippen LogP contribution in [0.4, 0.5) is 0 Å². The highest BCUT2D eigenvalue weighted by Crippen LogP contribution is 2.26. The molecule has 1 aliphatic heterocycles. The van der Waals surface area contributed by atoms with Crippen molar-refractivity contribution in [3.8, 4) is 0 Å². The maximum Gasteiger partial charge on any atom is 0.248 e. The van der Waals surface area contributed by atoms with Gasteiger partial charge in [0.05, 0.1) is 10.8 Å². The van der Waals surface area contributed by atoms with E-state index in [0.717, 1.165) is 45.6 Å². The van der Waals surface area contributed by atoms with Crippen LogP contribution in [0.25, 0.3) is 11.1 Å². The monoisotopic (exact) mass is 316 g/mol. The fraction of sp³-hybridized carbons (Fsp3) is 0.154. The molecule has 0 saturated heterocycles. The van der Waals surface area contributed by atoms with Gasteiger partial charge in [-0.15, -0.1) is 0 Å². The molecule has 2 aromatic heterocycles. The number of aromatic nitrogens is 3. The summed E-state index contributed by atoms with van der Waals surface area (Å²) in [4.78, 5) is 16.4. The second-order valence-corrected chi connectivity index (χ2v) is 5.17. The predicted molar refractivity (Wildman–Crippen MR) is 74.5 cm³/mol. The lowest BCUT2D eigenvalue weighted by Crippen LogP contribution is -2.14. The summed E-state index contributed by atoms with van der Waals surface area (Å²) in [5.74, 6) is 0.523. The summed E-state index contributed by atoms with van der Waals surface area (Å²) >= 11 is 3.46. The van der Waals surface area contributed by atoms with Gasteiger partial charge in [-0.1, -0.05) is 6.07 Å². The zero-order valence-corrected chi connectivity index (χ0v) is 11.4. The number of hydrogen-bond acceptors (Lipinski definition) is 4. The van der Waals surface area contributed by atoms with E-state index in [2.05, 4.69) is 35.9 Å². The Hall–Kier alpha value is -1.95. The van der Waals surface area contributed by atoms with E-state index >= 15 is 0 Å². The normalized spacial score (nSPS) is 14.5. The van der Waals surface area contributed by atoms with Crippen molar-refractivity contribution in [3.05, 3.63) is 46.3 Å². The van der Waals surface area contributed by atoms with Gasteiger partial charge in [0.15, 0.2) is 5.58 Å². The molecule has 0 bridgehead atoms. The summed E-state index contributed by atoms with van der Waals surface area (Å²) in [5, 5.41) is 0. The smallest absolute Gasteiger partial charge is 0.248 e. The van der Waals surface area contributed by atoms with Gasteiger partial charge in [0, 0.05) is 18.7 Å². The number of aliphatic imine (C=N–C) groups is 1. The van der Waals surface area contributed by atoms with E-state index in [-0.39, 0.29) is 0 Å². The van der Waals surface area contributed by atoms with Crippen molar-refractivity contribution in [1.29, 1.82) is 0 Å². The van der Waals surface area contributed by atoms with Crippen molar-refractivity contribution < 1.29 is 4.42 Å². The van der Waals surface area contributed by atoms with Crippen LogP contribution in [0.5, 0.6) is 0 Å². The largest absolute Gasteiger partial charge is 0.433 e. The average Bonchev–Trinajstić information content (AvgIpc) is 3.05. The number of halogens is 1. The molecule has 0 radical (unpaired) electrons. The average molecular weight is 317 g/mol. The van der Waals surface area contributed by atoms with E-state index in [9.17, 15) is 0 Å². The third kappa shape index (κ3) is 1.63.